The predicted molar refractivity (Wildman–Crippen MR) is 138 cm³/mol. The average Bonchev–Trinajstić information content (AvgIpc) is 3.48. The topological polar surface area (TPSA) is 62.4 Å². The summed E-state index contributed by atoms with van der Waals surface area (Å²) in [4.78, 5) is 15.4. The number of aryl methyl sites for hydroxylation is 1. The number of amides is 1. The molecule has 1 unspecified atom stereocenters. The normalized spacial score (nSPS) is 14.7. The zero-order chi connectivity index (χ0) is 23.6. The van der Waals surface area contributed by atoms with Crippen molar-refractivity contribution in [3.63, 3.8) is 0 Å². The lowest BCUT2D eigenvalue weighted by Gasteiger charge is -2.23. The molecule has 3 heterocycles. The van der Waals surface area contributed by atoms with Gasteiger partial charge in [-0.3, -0.25) is 4.79 Å². The molecular formula is C28H30N4O2. The highest BCUT2D eigenvalue weighted by atomic mass is 16.3. The van der Waals surface area contributed by atoms with Gasteiger partial charge in [0.05, 0.1) is 29.2 Å². The number of rotatable bonds is 6. The molecule has 174 valence electrons. The molecule has 2 N–H and O–H groups in total. The lowest BCUT2D eigenvalue weighted by molar-refractivity contribution is 0.0967. The summed E-state index contributed by atoms with van der Waals surface area (Å²) in [6, 6.07) is 16.7. The standard InChI is InChI=1S/C28H30N4O2/c1-4-31(5-2)15-17(33)16-32-22-13-9-7-11-19(22)23-20-14-29-28(34)25(20)24-18-10-6-8-12-21(18)30(3)26(24)27(23)32/h6-13,17,33H,4-5,14-16H2,1-3H3,(H,29,34). The largest absolute Gasteiger partial charge is 0.390 e. The molecule has 1 aliphatic heterocycles. The van der Waals surface area contributed by atoms with E-state index in [0.29, 0.717) is 19.6 Å². The van der Waals surface area contributed by atoms with Crippen LogP contribution in [-0.2, 0) is 20.1 Å². The summed E-state index contributed by atoms with van der Waals surface area (Å²) < 4.78 is 4.49. The maximum absolute atomic E-state index is 13.1. The number of aliphatic hydroxyl groups excluding tert-OH is 1. The Kier molecular flexibility index (Phi) is 4.90. The molecule has 1 amide bonds. The van der Waals surface area contributed by atoms with Crippen molar-refractivity contribution in [3.05, 3.63) is 59.7 Å². The second kappa shape index (κ2) is 7.86. The Morgan fingerprint density at radius 3 is 2.32 bits per heavy atom. The molecule has 0 saturated heterocycles. The molecule has 0 fully saturated rings. The predicted octanol–water partition coefficient (Wildman–Crippen LogP) is 4.39. The monoisotopic (exact) mass is 454 g/mol. The minimum absolute atomic E-state index is 0.00310. The fourth-order valence-electron chi connectivity index (χ4n) is 5.98. The van der Waals surface area contributed by atoms with Gasteiger partial charge in [-0.15, -0.1) is 0 Å². The molecular weight excluding hydrogens is 424 g/mol. The molecule has 0 saturated carbocycles. The molecule has 5 aromatic rings. The first-order valence-electron chi connectivity index (χ1n) is 12.2. The summed E-state index contributed by atoms with van der Waals surface area (Å²) in [6.07, 6.45) is -0.503. The SMILES string of the molecule is CCN(CC)CC(O)Cn1c2ccccc2c2c3c(c4c5ccccc5n(C)c4c21)C(=O)NC3. The number of aliphatic hydroxyl groups is 1. The molecule has 6 rings (SSSR count). The quantitative estimate of drug-likeness (QED) is 0.400. The van der Waals surface area contributed by atoms with Gasteiger partial charge in [0.2, 0.25) is 0 Å². The van der Waals surface area contributed by atoms with Crippen LogP contribution in [0.5, 0.6) is 0 Å². The van der Waals surface area contributed by atoms with Crippen LogP contribution in [0.25, 0.3) is 43.6 Å². The number of benzene rings is 3. The summed E-state index contributed by atoms with van der Waals surface area (Å²) in [7, 11) is 2.08. The summed E-state index contributed by atoms with van der Waals surface area (Å²) in [5.74, 6) is -0.00310. The first-order chi connectivity index (χ1) is 16.5. The van der Waals surface area contributed by atoms with Crippen molar-refractivity contribution in [2.75, 3.05) is 19.6 Å². The Balaban J connectivity index is 1.75. The van der Waals surface area contributed by atoms with Crippen molar-refractivity contribution in [1.29, 1.82) is 0 Å². The van der Waals surface area contributed by atoms with Gasteiger partial charge >= 0.3 is 0 Å². The van der Waals surface area contributed by atoms with Crippen LogP contribution < -0.4 is 5.32 Å². The lowest BCUT2D eigenvalue weighted by atomic mass is 9.97. The second-order valence-corrected chi connectivity index (χ2v) is 9.33. The van der Waals surface area contributed by atoms with Crippen LogP contribution in [0.2, 0.25) is 0 Å². The highest BCUT2D eigenvalue weighted by Crippen LogP contribution is 2.44. The number of fused-ring (bicyclic) bond motifs is 10. The second-order valence-electron chi connectivity index (χ2n) is 9.33. The van der Waals surface area contributed by atoms with Crippen LogP contribution in [0.4, 0.5) is 0 Å². The van der Waals surface area contributed by atoms with Gasteiger partial charge in [-0.25, -0.2) is 0 Å². The van der Waals surface area contributed by atoms with E-state index in [2.05, 4.69) is 76.6 Å². The van der Waals surface area contributed by atoms with Gasteiger partial charge in [0.25, 0.3) is 5.91 Å². The van der Waals surface area contributed by atoms with Crippen molar-refractivity contribution < 1.29 is 9.90 Å². The first kappa shape index (κ1) is 21.2. The molecule has 6 heteroatoms. The molecule has 6 nitrogen and oxygen atoms in total. The Morgan fingerprint density at radius 2 is 1.62 bits per heavy atom. The van der Waals surface area contributed by atoms with Crippen LogP contribution in [-0.4, -0.2) is 50.8 Å². The molecule has 2 aromatic heterocycles. The molecule has 0 bridgehead atoms. The van der Waals surface area contributed by atoms with E-state index in [-0.39, 0.29) is 5.91 Å². The Bertz CT molecular complexity index is 1590. The van der Waals surface area contributed by atoms with Gasteiger partial charge in [0.1, 0.15) is 0 Å². The molecule has 0 spiro atoms. The van der Waals surface area contributed by atoms with Gasteiger partial charge in [-0.1, -0.05) is 50.2 Å². The van der Waals surface area contributed by atoms with Crippen LogP contribution in [0.3, 0.4) is 0 Å². The van der Waals surface area contributed by atoms with Gasteiger partial charge in [-0.05, 0) is 30.8 Å². The number of nitrogens with one attached hydrogen (secondary N) is 1. The zero-order valence-electron chi connectivity index (χ0n) is 19.9. The maximum Gasteiger partial charge on any atom is 0.252 e. The molecule has 0 aliphatic carbocycles. The number of likely N-dealkylation sites (N-methyl/N-ethyl adjacent to an activating group) is 1. The van der Waals surface area contributed by atoms with E-state index in [0.717, 1.165) is 67.8 Å². The number of hydrogen-bond donors (Lipinski definition) is 2. The van der Waals surface area contributed by atoms with Crippen molar-refractivity contribution in [2.24, 2.45) is 7.05 Å². The van der Waals surface area contributed by atoms with E-state index in [1.165, 1.54) is 0 Å². The summed E-state index contributed by atoms with van der Waals surface area (Å²) in [5, 5.41) is 18.6. The summed E-state index contributed by atoms with van der Waals surface area (Å²) in [5.41, 5.74) is 6.22. The molecule has 1 aliphatic rings. The number of aromatic nitrogens is 2. The number of carbonyl (C=O) groups is 1. The van der Waals surface area contributed by atoms with Crippen LogP contribution in [0.15, 0.2) is 48.5 Å². The van der Waals surface area contributed by atoms with Gasteiger partial charge in [-0.2, -0.15) is 0 Å². The zero-order valence-corrected chi connectivity index (χ0v) is 19.9. The maximum atomic E-state index is 13.1. The fourth-order valence-corrected chi connectivity index (χ4v) is 5.98. The lowest BCUT2D eigenvalue weighted by Crippen LogP contribution is -2.34. The van der Waals surface area contributed by atoms with E-state index in [9.17, 15) is 9.90 Å². The van der Waals surface area contributed by atoms with Crippen LogP contribution in [0.1, 0.15) is 29.8 Å². The Morgan fingerprint density at radius 1 is 0.971 bits per heavy atom. The van der Waals surface area contributed by atoms with Crippen molar-refractivity contribution in [3.8, 4) is 0 Å². The molecule has 1 atom stereocenters. The Labute approximate surface area is 198 Å². The highest BCUT2D eigenvalue weighted by molar-refractivity contribution is 6.30. The summed E-state index contributed by atoms with van der Waals surface area (Å²) >= 11 is 0. The summed E-state index contributed by atoms with van der Waals surface area (Å²) in [6.45, 7) is 7.73. The van der Waals surface area contributed by atoms with E-state index in [1.807, 2.05) is 12.1 Å². The minimum Gasteiger partial charge on any atom is -0.390 e. The molecule has 34 heavy (non-hydrogen) atoms. The number of carbonyl (C=O) groups excluding carboxylic acids is 1. The third-order valence-electron chi connectivity index (χ3n) is 7.57. The highest BCUT2D eigenvalue weighted by Gasteiger charge is 2.31. The third-order valence-corrected chi connectivity index (χ3v) is 7.57. The molecule has 0 radical (unpaired) electrons. The first-order valence-corrected chi connectivity index (χ1v) is 12.2. The van der Waals surface area contributed by atoms with Gasteiger partial charge in [0.15, 0.2) is 0 Å². The van der Waals surface area contributed by atoms with E-state index in [4.69, 9.17) is 0 Å². The average molecular weight is 455 g/mol. The van der Waals surface area contributed by atoms with Gasteiger partial charge in [0, 0.05) is 52.7 Å². The Hall–Kier alpha value is -3.35. The van der Waals surface area contributed by atoms with Crippen molar-refractivity contribution in [2.45, 2.75) is 33.0 Å². The van der Waals surface area contributed by atoms with Crippen LogP contribution in [0, 0.1) is 0 Å². The van der Waals surface area contributed by atoms with E-state index >= 15 is 0 Å². The minimum atomic E-state index is -0.503. The fraction of sp³-hybridized carbons (Fsp3) is 0.321. The van der Waals surface area contributed by atoms with E-state index < -0.39 is 6.10 Å². The number of hydrogen-bond acceptors (Lipinski definition) is 3. The molecule has 3 aromatic carbocycles. The van der Waals surface area contributed by atoms with Crippen LogP contribution >= 0.6 is 0 Å². The smallest absolute Gasteiger partial charge is 0.252 e. The number of para-hydroxylation sites is 2. The van der Waals surface area contributed by atoms with Gasteiger partial charge < -0.3 is 24.5 Å². The van der Waals surface area contributed by atoms with Crippen molar-refractivity contribution in [1.82, 2.24) is 19.4 Å². The van der Waals surface area contributed by atoms with E-state index in [1.54, 1.807) is 0 Å². The number of nitrogens with zero attached hydrogens (tertiary/aromatic N) is 3. The van der Waals surface area contributed by atoms with Crippen molar-refractivity contribution >= 4 is 49.5 Å². The third kappa shape index (κ3) is 2.85.